The molecule has 0 aromatic heterocycles. The summed E-state index contributed by atoms with van der Waals surface area (Å²) in [5.41, 5.74) is 1.31. The summed E-state index contributed by atoms with van der Waals surface area (Å²) in [6.07, 6.45) is 5.04. The SMILES string of the molecule is CCC1C=COc2ccccc21. The predicted octanol–water partition coefficient (Wildman–Crippen LogP) is 3.09. The van der Waals surface area contributed by atoms with Crippen LogP contribution < -0.4 is 4.74 Å². The van der Waals surface area contributed by atoms with Crippen LogP contribution >= 0.6 is 0 Å². The van der Waals surface area contributed by atoms with Crippen LogP contribution in [0.4, 0.5) is 0 Å². The maximum atomic E-state index is 5.37. The van der Waals surface area contributed by atoms with E-state index in [1.807, 2.05) is 12.1 Å². The van der Waals surface area contributed by atoms with Crippen molar-refractivity contribution in [2.45, 2.75) is 19.3 Å². The number of benzene rings is 1. The third kappa shape index (κ3) is 1.11. The number of rotatable bonds is 1. The van der Waals surface area contributed by atoms with E-state index in [2.05, 4.69) is 25.1 Å². The van der Waals surface area contributed by atoms with Crippen molar-refractivity contribution in [3.8, 4) is 5.75 Å². The molecule has 1 aliphatic heterocycles. The van der Waals surface area contributed by atoms with E-state index in [0.29, 0.717) is 5.92 Å². The van der Waals surface area contributed by atoms with E-state index in [9.17, 15) is 0 Å². The number of allylic oxidation sites excluding steroid dienone is 1. The van der Waals surface area contributed by atoms with Gasteiger partial charge in [0.15, 0.2) is 0 Å². The molecule has 2 rings (SSSR count). The van der Waals surface area contributed by atoms with Crippen molar-refractivity contribution in [1.82, 2.24) is 0 Å². The Morgan fingerprint density at radius 3 is 3.00 bits per heavy atom. The molecule has 0 spiro atoms. The summed E-state index contributed by atoms with van der Waals surface area (Å²) in [5.74, 6) is 1.54. The first kappa shape index (κ1) is 7.41. The lowest BCUT2D eigenvalue weighted by Crippen LogP contribution is -2.02. The summed E-state index contributed by atoms with van der Waals surface area (Å²) in [6, 6.07) is 8.21. The van der Waals surface area contributed by atoms with Crippen molar-refractivity contribution in [2.24, 2.45) is 0 Å². The standard InChI is InChI=1S/C11H12O/c1-2-9-7-8-12-11-6-4-3-5-10(9)11/h3-9H,2H2,1H3. The molecule has 1 heteroatoms. The average Bonchev–Trinajstić information content (AvgIpc) is 2.17. The minimum atomic E-state index is 0.537. The molecule has 62 valence electrons. The lowest BCUT2D eigenvalue weighted by molar-refractivity contribution is 0.451. The van der Waals surface area contributed by atoms with Gasteiger partial charge in [0.1, 0.15) is 5.75 Å². The fourth-order valence-corrected chi connectivity index (χ4v) is 1.56. The second kappa shape index (κ2) is 3.02. The number of ether oxygens (including phenoxy) is 1. The van der Waals surface area contributed by atoms with Gasteiger partial charge in [-0.05, 0) is 18.6 Å². The molecule has 12 heavy (non-hydrogen) atoms. The van der Waals surface area contributed by atoms with Crippen molar-refractivity contribution >= 4 is 0 Å². The van der Waals surface area contributed by atoms with Crippen LogP contribution in [0.2, 0.25) is 0 Å². The zero-order chi connectivity index (χ0) is 8.39. The van der Waals surface area contributed by atoms with Crippen molar-refractivity contribution in [1.29, 1.82) is 0 Å². The Kier molecular flexibility index (Phi) is 1.86. The maximum Gasteiger partial charge on any atom is 0.130 e. The van der Waals surface area contributed by atoms with Gasteiger partial charge < -0.3 is 4.74 Å². The summed E-state index contributed by atoms with van der Waals surface area (Å²) in [6.45, 7) is 2.19. The molecule has 0 aliphatic carbocycles. The van der Waals surface area contributed by atoms with Gasteiger partial charge in [-0.15, -0.1) is 0 Å². The molecular weight excluding hydrogens is 148 g/mol. The molecule has 0 N–H and O–H groups in total. The van der Waals surface area contributed by atoms with Gasteiger partial charge in [0.25, 0.3) is 0 Å². The Bertz CT molecular complexity index is 302. The van der Waals surface area contributed by atoms with Gasteiger partial charge in [-0.25, -0.2) is 0 Å². The third-order valence-corrected chi connectivity index (χ3v) is 2.26. The molecule has 0 bridgehead atoms. The van der Waals surface area contributed by atoms with Crippen molar-refractivity contribution in [3.63, 3.8) is 0 Å². The van der Waals surface area contributed by atoms with Gasteiger partial charge in [0.05, 0.1) is 6.26 Å². The first-order valence-corrected chi connectivity index (χ1v) is 4.34. The normalized spacial score (nSPS) is 19.9. The molecule has 1 aliphatic rings. The predicted molar refractivity (Wildman–Crippen MR) is 49.2 cm³/mol. The highest BCUT2D eigenvalue weighted by molar-refractivity contribution is 5.40. The molecule has 1 aromatic rings. The second-order valence-electron chi connectivity index (χ2n) is 3.00. The Labute approximate surface area is 72.7 Å². The minimum Gasteiger partial charge on any atom is -0.465 e. The lowest BCUT2D eigenvalue weighted by atomic mass is 9.94. The average molecular weight is 160 g/mol. The third-order valence-electron chi connectivity index (χ3n) is 2.26. The summed E-state index contributed by atoms with van der Waals surface area (Å²) >= 11 is 0. The highest BCUT2D eigenvalue weighted by Gasteiger charge is 2.14. The fraction of sp³-hybridized carbons (Fsp3) is 0.273. The summed E-state index contributed by atoms with van der Waals surface area (Å²) in [4.78, 5) is 0. The van der Waals surface area contributed by atoms with Crippen molar-refractivity contribution in [3.05, 3.63) is 42.2 Å². The molecular formula is C11H12O. The molecule has 1 atom stereocenters. The van der Waals surface area contributed by atoms with Crippen LogP contribution in [0, 0.1) is 0 Å². The number of fused-ring (bicyclic) bond motifs is 1. The first-order valence-electron chi connectivity index (χ1n) is 4.34. The quantitative estimate of drug-likeness (QED) is 0.613. The maximum absolute atomic E-state index is 5.37. The van der Waals surface area contributed by atoms with Crippen LogP contribution in [0.15, 0.2) is 36.6 Å². The van der Waals surface area contributed by atoms with Crippen LogP contribution in [0.5, 0.6) is 5.75 Å². The number of para-hydroxylation sites is 1. The number of hydrogen-bond acceptors (Lipinski definition) is 1. The molecule has 0 fully saturated rings. The van der Waals surface area contributed by atoms with E-state index in [1.165, 1.54) is 5.56 Å². The zero-order valence-corrected chi connectivity index (χ0v) is 7.16. The summed E-state index contributed by atoms with van der Waals surface area (Å²) < 4.78 is 5.37. The van der Waals surface area contributed by atoms with Crippen LogP contribution in [0.3, 0.4) is 0 Å². The van der Waals surface area contributed by atoms with Crippen LogP contribution in [0.1, 0.15) is 24.8 Å². The van der Waals surface area contributed by atoms with E-state index >= 15 is 0 Å². The van der Waals surface area contributed by atoms with Gasteiger partial charge in [0.2, 0.25) is 0 Å². The molecule has 1 heterocycles. The smallest absolute Gasteiger partial charge is 0.130 e. The monoisotopic (exact) mass is 160 g/mol. The molecule has 1 unspecified atom stereocenters. The topological polar surface area (TPSA) is 9.23 Å². The second-order valence-corrected chi connectivity index (χ2v) is 3.00. The van der Waals surface area contributed by atoms with E-state index < -0.39 is 0 Å². The fourth-order valence-electron chi connectivity index (χ4n) is 1.56. The Morgan fingerprint density at radius 2 is 2.17 bits per heavy atom. The van der Waals surface area contributed by atoms with Gasteiger partial charge in [-0.1, -0.05) is 25.1 Å². The van der Waals surface area contributed by atoms with Gasteiger partial charge in [-0.2, -0.15) is 0 Å². The molecule has 0 saturated heterocycles. The van der Waals surface area contributed by atoms with E-state index in [4.69, 9.17) is 4.74 Å². The summed E-state index contributed by atoms with van der Waals surface area (Å²) in [5, 5.41) is 0. The highest BCUT2D eigenvalue weighted by atomic mass is 16.5. The first-order chi connectivity index (χ1) is 5.92. The largest absolute Gasteiger partial charge is 0.465 e. The van der Waals surface area contributed by atoms with Crippen molar-refractivity contribution in [2.75, 3.05) is 0 Å². The van der Waals surface area contributed by atoms with E-state index in [1.54, 1.807) is 6.26 Å². The molecule has 0 amide bonds. The van der Waals surface area contributed by atoms with Gasteiger partial charge >= 0.3 is 0 Å². The Hall–Kier alpha value is -1.24. The Morgan fingerprint density at radius 1 is 1.33 bits per heavy atom. The molecule has 1 aromatic carbocycles. The molecule has 0 saturated carbocycles. The lowest BCUT2D eigenvalue weighted by Gasteiger charge is -2.18. The van der Waals surface area contributed by atoms with E-state index in [-0.39, 0.29) is 0 Å². The zero-order valence-electron chi connectivity index (χ0n) is 7.16. The Balaban J connectivity index is 2.43. The van der Waals surface area contributed by atoms with Crippen LogP contribution in [0.25, 0.3) is 0 Å². The number of hydrogen-bond donors (Lipinski definition) is 0. The van der Waals surface area contributed by atoms with Crippen LogP contribution in [-0.4, -0.2) is 0 Å². The molecule has 0 radical (unpaired) electrons. The minimum absolute atomic E-state index is 0.537. The summed E-state index contributed by atoms with van der Waals surface area (Å²) in [7, 11) is 0. The van der Waals surface area contributed by atoms with E-state index in [0.717, 1.165) is 12.2 Å². The van der Waals surface area contributed by atoms with Crippen LogP contribution in [-0.2, 0) is 0 Å². The van der Waals surface area contributed by atoms with Crippen molar-refractivity contribution < 1.29 is 4.74 Å². The van der Waals surface area contributed by atoms with Gasteiger partial charge in [-0.3, -0.25) is 0 Å². The van der Waals surface area contributed by atoms with Gasteiger partial charge in [0, 0.05) is 11.5 Å². The molecule has 1 nitrogen and oxygen atoms in total. The highest BCUT2D eigenvalue weighted by Crippen LogP contribution is 2.32.